The summed E-state index contributed by atoms with van der Waals surface area (Å²) in [5.41, 5.74) is 5.11. The third kappa shape index (κ3) is 3.25. The fourth-order valence-electron chi connectivity index (χ4n) is 3.40. The molecule has 3 rings (SSSR count). The number of methoxy groups -OCH3 is 4. The minimum absolute atomic E-state index is 0.138. The molecule has 2 aromatic rings. The second-order valence-corrected chi connectivity index (χ2v) is 6.11. The van der Waals surface area contributed by atoms with Crippen LogP contribution in [0.15, 0.2) is 36.4 Å². The molecule has 0 aliphatic carbocycles. The van der Waals surface area contributed by atoms with Gasteiger partial charge in [0.05, 0.1) is 51.6 Å². The van der Waals surface area contributed by atoms with Crippen LogP contribution in [0.2, 0.25) is 0 Å². The average molecular weight is 369 g/mol. The van der Waals surface area contributed by atoms with Gasteiger partial charge < -0.3 is 24.0 Å². The van der Waals surface area contributed by atoms with E-state index < -0.39 is 5.72 Å². The van der Waals surface area contributed by atoms with E-state index in [9.17, 15) is 5.26 Å². The molecule has 1 aliphatic heterocycles. The van der Waals surface area contributed by atoms with Crippen LogP contribution in [-0.2, 0) is 17.0 Å². The molecule has 0 aromatic heterocycles. The summed E-state index contributed by atoms with van der Waals surface area (Å²) in [7, 11) is 6.41. The van der Waals surface area contributed by atoms with Crippen molar-refractivity contribution in [3.63, 3.8) is 0 Å². The zero-order valence-corrected chi connectivity index (χ0v) is 15.9. The van der Waals surface area contributed by atoms with Crippen LogP contribution < -0.4 is 24.6 Å². The van der Waals surface area contributed by atoms with Crippen LogP contribution in [0.1, 0.15) is 17.5 Å². The Kier molecular flexibility index (Phi) is 5.40. The second-order valence-electron chi connectivity index (χ2n) is 6.11. The maximum atomic E-state index is 9.35. The highest BCUT2D eigenvalue weighted by molar-refractivity contribution is 5.65. The Balaban J connectivity index is 2.01. The predicted molar refractivity (Wildman–Crippen MR) is 101 cm³/mol. The molecular weight excluding hydrogens is 346 g/mol. The van der Waals surface area contributed by atoms with Gasteiger partial charge in [0.2, 0.25) is 0 Å². The zero-order chi connectivity index (χ0) is 19.4. The number of ether oxygens (including phenoxy) is 4. The minimum atomic E-state index is -0.965. The first kappa shape index (κ1) is 18.8. The van der Waals surface area contributed by atoms with Crippen LogP contribution in [0.5, 0.6) is 17.2 Å². The summed E-state index contributed by atoms with van der Waals surface area (Å²) in [6.07, 6.45) is 0.138. The third-order valence-electron chi connectivity index (χ3n) is 4.70. The Morgan fingerprint density at radius 3 is 2.37 bits per heavy atom. The van der Waals surface area contributed by atoms with Gasteiger partial charge in [0, 0.05) is 7.11 Å². The lowest BCUT2D eigenvalue weighted by Gasteiger charge is -2.29. The summed E-state index contributed by atoms with van der Waals surface area (Å²) < 4.78 is 22.0. The van der Waals surface area contributed by atoms with Crippen LogP contribution in [0.25, 0.3) is 0 Å². The van der Waals surface area contributed by atoms with Gasteiger partial charge in [-0.15, -0.1) is 0 Å². The Morgan fingerprint density at radius 2 is 1.74 bits per heavy atom. The lowest BCUT2D eigenvalue weighted by molar-refractivity contribution is -0.0356. The summed E-state index contributed by atoms with van der Waals surface area (Å²) in [4.78, 5) is 0. The molecule has 0 fully saturated rings. The van der Waals surface area contributed by atoms with E-state index in [0.717, 1.165) is 16.8 Å². The van der Waals surface area contributed by atoms with Crippen molar-refractivity contribution < 1.29 is 18.9 Å². The van der Waals surface area contributed by atoms with Gasteiger partial charge >= 0.3 is 0 Å². The minimum Gasteiger partial charge on any atom is -0.496 e. The third-order valence-corrected chi connectivity index (χ3v) is 4.70. The Morgan fingerprint density at radius 1 is 1.00 bits per heavy atom. The Hall–Kier alpha value is -2.95. The smallest absolute Gasteiger partial charge is 0.179 e. The number of anilines is 1. The number of nitrogens with one attached hydrogen (secondary N) is 1. The molecule has 0 saturated heterocycles. The fourth-order valence-corrected chi connectivity index (χ4v) is 3.40. The molecule has 0 amide bonds. The van der Waals surface area contributed by atoms with Gasteiger partial charge in [-0.05, 0) is 29.8 Å². The molecule has 27 heavy (non-hydrogen) atoms. The molecule has 7 nitrogen and oxygen atoms in total. The topological polar surface area (TPSA) is 76.0 Å². The fraction of sp³-hybridized carbons (Fsp3) is 0.350. The van der Waals surface area contributed by atoms with Gasteiger partial charge in [-0.3, -0.25) is 0 Å². The first-order valence-corrected chi connectivity index (χ1v) is 8.48. The van der Waals surface area contributed by atoms with E-state index in [1.165, 1.54) is 0 Å². The summed E-state index contributed by atoms with van der Waals surface area (Å²) in [6, 6.07) is 13.7. The monoisotopic (exact) mass is 369 g/mol. The van der Waals surface area contributed by atoms with E-state index in [1.54, 1.807) is 28.4 Å². The van der Waals surface area contributed by atoms with Crippen LogP contribution >= 0.6 is 0 Å². The lowest BCUT2D eigenvalue weighted by Crippen LogP contribution is -2.47. The van der Waals surface area contributed by atoms with E-state index in [0.29, 0.717) is 23.8 Å². The van der Waals surface area contributed by atoms with Crippen molar-refractivity contribution in [2.45, 2.75) is 18.7 Å². The number of benzene rings is 2. The number of hydrogen-bond acceptors (Lipinski definition) is 7. The van der Waals surface area contributed by atoms with Crippen molar-refractivity contribution in [3.05, 3.63) is 47.5 Å². The Labute approximate surface area is 159 Å². The molecule has 0 saturated carbocycles. The first-order valence-electron chi connectivity index (χ1n) is 8.48. The number of hydrazine groups is 1. The van der Waals surface area contributed by atoms with Crippen molar-refractivity contribution >= 4 is 5.69 Å². The molecular formula is C20H23N3O4. The molecule has 7 heteroatoms. The van der Waals surface area contributed by atoms with Crippen molar-refractivity contribution in [1.29, 1.82) is 5.26 Å². The summed E-state index contributed by atoms with van der Waals surface area (Å²) in [5, 5.41) is 11.3. The zero-order valence-electron chi connectivity index (χ0n) is 15.9. The number of nitriles is 1. The van der Waals surface area contributed by atoms with Crippen molar-refractivity contribution in [3.8, 4) is 23.3 Å². The normalized spacial score (nSPS) is 18.0. The van der Waals surface area contributed by atoms with Gasteiger partial charge in [-0.1, -0.05) is 12.1 Å². The average Bonchev–Trinajstić information content (AvgIpc) is 3.02. The molecule has 0 radical (unpaired) electrons. The van der Waals surface area contributed by atoms with E-state index in [4.69, 9.17) is 18.9 Å². The molecule has 1 atom stereocenters. The summed E-state index contributed by atoms with van der Waals surface area (Å²) in [6.45, 7) is 0.539. The van der Waals surface area contributed by atoms with E-state index in [-0.39, 0.29) is 6.42 Å². The Bertz CT molecular complexity index is 865. The number of hydrogen-bond donors (Lipinski definition) is 1. The maximum Gasteiger partial charge on any atom is 0.179 e. The summed E-state index contributed by atoms with van der Waals surface area (Å²) >= 11 is 0. The van der Waals surface area contributed by atoms with Crippen molar-refractivity contribution in [2.24, 2.45) is 0 Å². The van der Waals surface area contributed by atoms with Gasteiger partial charge in [0.25, 0.3) is 0 Å². The first-order chi connectivity index (χ1) is 13.1. The largest absolute Gasteiger partial charge is 0.496 e. The molecule has 1 heterocycles. The quantitative estimate of drug-likeness (QED) is 0.804. The highest BCUT2D eigenvalue weighted by Gasteiger charge is 2.45. The van der Waals surface area contributed by atoms with Crippen LogP contribution in [0, 0.1) is 11.3 Å². The molecule has 2 aromatic carbocycles. The SMILES string of the molecule is COc1ccc(CN2NC(CC#N)(OC)c3c(OC)cccc32)cc1OC. The van der Waals surface area contributed by atoms with E-state index >= 15 is 0 Å². The van der Waals surface area contributed by atoms with Crippen LogP contribution in [-0.4, -0.2) is 28.4 Å². The highest BCUT2D eigenvalue weighted by Crippen LogP contribution is 2.45. The van der Waals surface area contributed by atoms with Gasteiger partial charge in [-0.25, -0.2) is 0 Å². The molecule has 142 valence electrons. The lowest BCUT2D eigenvalue weighted by atomic mass is 9.99. The molecule has 0 spiro atoms. The van der Waals surface area contributed by atoms with E-state index in [1.807, 2.05) is 41.4 Å². The highest BCUT2D eigenvalue weighted by atomic mass is 16.5. The summed E-state index contributed by atoms with van der Waals surface area (Å²) in [5.74, 6) is 2.01. The molecule has 0 bridgehead atoms. The number of fused-ring (bicyclic) bond motifs is 1. The predicted octanol–water partition coefficient (Wildman–Crippen LogP) is 2.95. The van der Waals surface area contributed by atoms with Crippen molar-refractivity contribution in [2.75, 3.05) is 33.4 Å². The van der Waals surface area contributed by atoms with Gasteiger partial charge in [0.1, 0.15) is 5.75 Å². The van der Waals surface area contributed by atoms with Crippen LogP contribution in [0.4, 0.5) is 5.69 Å². The maximum absolute atomic E-state index is 9.35. The van der Waals surface area contributed by atoms with Gasteiger partial charge in [0.15, 0.2) is 17.2 Å². The van der Waals surface area contributed by atoms with E-state index in [2.05, 4.69) is 11.5 Å². The number of rotatable bonds is 7. The molecule has 1 aliphatic rings. The van der Waals surface area contributed by atoms with Gasteiger partial charge in [-0.2, -0.15) is 10.7 Å². The molecule has 1 unspecified atom stereocenters. The molecule has 1 N–H and O–H groups in total. The second kappa shape index (κ2) is 7.74. The van der Waals surface area contributed by atoms with Crippen LogP contribution in [0.3, 0.4) is 0 Å². The number of nitrogens with zero attached hydrogens (tertiary/aromatic N) is 2. The van der Waals surface area contributed by atoms with Crippen molar-refractivity contribution in [1.82, 2.24) is 5.43 Å². The standard InChI is InChI=1S/C20H23N3O4/c1-24-16-9-8-14(12-18(16)26-3)13-23-15-6-5-7-17(25-2)19(15)20(22-23,27-4)10-11-21/h5-9,12,22H,10,13H2,1-4H3.